The largest absolute Gasteiger partial charge is 0.392 e. The summed E-state index contributed by atoms with van der Waals surface area (Å²) in [5.74, 6) is 0. The van der Waals surface area contributed by atoms with E-state index in [0.29, 0.717) is 16.8 Å². The van der Waals surface area contributed by atoms with Crippen LogP contribution in [-0.2, 0) is 16.6 Å². The third-order valence-electron chi connectivity index (χ3n) is 3.02. The molecule has 0 saturated heterocycles. The molecule has 0 fully saturated rings. The zero-order valence-electron chi connectivity index (χ0n) is 11.4. The van der Waals surface area contributed by atoms with Gasteiger partial charge in [-0.1, -0.05) is 12.1 Å². The molecule has 0 bridgehead atoms. The minimum Gasteiger partial charge on any atom is -0.392 e. The third kappa shape index (κ3) is 3.40. The van der Waals surface area contributed by atoms with Crippen molar-refractivity contribution >= 4 is 15.7 Å². The maximum Gasteiger partial charge on any atom is 0.261 e. The van der Waals surface area contributed by atoms with Gasteiger partial charge >= 0.3 is 0 Å². The molecule has 6 heteroatoms. The fraction of sp³-hybridized carbons (Fsp3) is 0.133. The van der Waals surface area contributed by atoms with Crippen molar-refractivity contribution in [2.45, 2.75) is 18.4 Å². The second-order valence-corrected chi connectivity index (χ2v) is 6.23. The van der Waals surface area contributed by atoms with Crippen molar-refractivity contribution in [1.29, 1.82) is 5.26 Å². The van der Waals surface area contributed by atoms with Gasteiger partial charge in [0.1, 0.15) is 0 Å². The second kappa shape index (κ2) is 5.95. The predicted octanol–water partition coefficient (Wildman–Crippen LogP) is 2.16. The van der Waals surface area contributed by atoms with E-state index in [1.54, 1.807) is 25.1 Å². The van der Waals surface area contributed by atoms with Crippen LogP contribution in [0.2, 0.25) is 0 Å². The van der Waals surface area contributed by atoms with Crippen molar-refractivity contribution in [3.8, 4) is 6.07 Å². The van der Waals surface area contributed by atoms with Crippen LogP contribution in [0.4, 0.5) is 5.69 Å². The Morgan fingerprint density at radius 3 is 2.43 bits per heavy atom. The van der Waals surface area contributed by atoms with E-state index >= 15 is 0 Å². The van der Waals surface area contributed by atoms with Gasteiger partial charge in [0.05, 0.1) is 28.8 Å². The lowest BCUT2D eigenvalue weighted by Gasteiger charge is -2.11. The first kappa shape index (κ1) is 15.0. The second-order valence-electron chi connectivity index (χ2n) is 4.55. The highest BCUT2D eigenvalue weighted by Crippen LogP contribution is 2.21. The van der Waals surface area contributed by atoms with E-state index < -0.39 is 10.0 Å². The highest BCUT2D eigenvalue weighted by atomic mass is 32.2. The molecule has 2 N–H and O–H groups in total. The molecular formula is C15H14N2O3S. The van der Waals surface area contributed by atoms with Gasteiger partial charge in [-0.2, -0.15) is 5.26 Å². The SMILES string of the molecule is Cc1ccc(CO)cc1NS(=O)(=O)c1ccc(C#N)cc1. The molecule has 0 unspecified atom stereocenters. The lowest BCUT2D eigenvalue weighted by Crippen LogP contribution is -2.14. The molecule has 0 saturated carbocycles. The van der Waals surface area contributed by atoms with Gasteiger partial charge in [-0.05, 0) is 48.4 Å². The zero-order chi connectivity index (χ0) is 15.5. The van der Waals surface area contributed by atoms with Crippen LogP contribution < -0.4 is 4.72 Å². The van der Waals surface area contributed by atoms with Gasteiger partial charge in [-0.15, -0.1) is 0 Å². The van der Waals surface area contributed by atoms with E-state index in [9.17, 15) is 8.42 Å². The number of hydrogen-bond acceptors (Lipinski definition) is 4. The molecule has 0 heterocycles. The minimum atomic E-state index is -3.73. The number of benzene rings is 2. The van der Waals surface area contributed by atoms with Gasteiger partial charge in [0.2, 0.25) is 0 Å². The molecule has 0 amide bonds. The van der Waals surface area contributed by atoms with E-state index in [1.165, 1.54) is 24.3 Å². The number of nitrogens with zero attached hydrogens (tertiary/aromatic N) is 1. The number of sulfonamides is 1. The van der Waals surface area contributed by atoms with Crippen LogP contribution >= 0.6 is 0 Å². The number of anilines is 1. The van der Waals surface area contributed by atoms with E-state index in [2.05, 4.69) is 4.72 Å². The minimum absolute atomic E-state index is 0.0790. The highest BCUT2D eigenvalue weighted by molar-refractivity contribution is 7.92. The quantitative estimate of drug-likeness (QED) is 0.905. The van der Waals surface area contributed by atoms with Crippen molar-refractivity contribution in [3.63, 3.8) is 0 Å². The van der Waals surface area contributed by atoms with Crippen LogP contribution in [0.5, 0.6) is 0 Å². The lowest BCUT2D eigenvalue weighted by atomic mass is 10.1. The first-order chi connectivity index (χ1) is 9.96. The molecule has 0 aliphatic carbocycles. The van der Waals surface area contributed by atoms with Crippen molar-refractivity contribution in [2.24, 2.45) is 0 Å². The highest BCUT2D eigenvalue weighted by Gasteiger charge is 2.15. The van der Waals surface area contributed by atoms with Crippen LogP contribution in [0.15, 0.2) is 47.4 Å². The monoisotopic (exact) mass is 302 g/mol. The van der Waals surface area contributed by atoms with Crippen molar-refractivity contribution in [2.75, 3.05) is 4.72 Å². The lowest BCUT2D eigenvalue weighted by molar-refractivity contribution is 0.282. The topological polar surface area (TPSA) is 90.2 Å². The van der Waals surface area contributed by atoms with E-state index in [1.807, 2.05) is 6.07 Å². The summed E-state index contributed by atoms with van der Waals surface area (Å²) in [7, 11) is -3.73. The molecule has 21 heavy (non-hydrogen) atoms. The zero-order valence-corrected chi connectivity index (χ0v) is 12.2. The number of nitriles is 1. The summed E-state index contributed by atoms with van der Waals surface area (Å²) in [6.45, 7) is 1.61. The molecule has 0 aromatic heterocycles. The van der Waals surface area contributed by atoms with Gasteiger partial charge < -0.3 is 5.11 Å². The Balaban J connectivity index is 2.35. The van der Waals surface area contributed by atoms with Crippen LogP contribution in [0, 0.1) is 18.3 Å². The third-order valence-corrected chi connectivity index (χ3v) is 4.40. The summed E-state index contributed by atoms with van der Waals surface area (Å²) in [6.07, 6.45) is 0. The molecule has 2 rings (SSSR count). The molecule has 2 aromatic rings. The fourth-order valence-corrected chi connectivity index (χ4v) is 2.91. The Kier molecular flexibility index (Phi) is 4.26. The van der Waals surface area contributed by atoms with Gasteiger partial charge in [0, 0.05) is 0 Å². The first-order valence-electron chi connectivity index (χ1n) is 6.19. The van der Waals surface area contributed by atoms with Crippen molar-refractivity contribution < 1.29 is 13.5 Å². The Morgan fingerprint density at radius 2 is 1.86 bits per heavy atom. The molecule has 0 spiro atoms. The number of aliphatic hydroxyl groups is 1. The molecular weight excluding hydrogens is 288 g/mol. The summed E-state index contributed by atoms with van der Waals surface area (Å²) < 4.78 is 27.1. The normalized spacial score (nSPS) is 10.9. The molecule has 2 aromatic carbocycles. The smallest absolute Gasteiger partial charge is 0.261 e. The fourth-order valence-electron chi connectivity index (χ4n) is 1.79. The maximum atomic E-state index is 12.3. The maximum absolute atomic E-state index is 12.3. The van der Waals surface area contributed by atoms with Crippen molar-refractivity contribution in [3.05, 3.63) is 59.2 Å². The van der Waals surface area contributed by atoms with Crippen LogP contribution in [0.3, 0.4) is 0 Å². The summed E-state index contributed by atoms with van der Waals surface area (Å²) in [5, 5.41) is 17.8. The number of hydrogen-bond donors (Lipinski definition) is 2. The van der Waals surface area contributed by atoms with E-state index in [-0.39, 0.29) is 11.5 Å². The molecule has 5 nitrogen and oxygen atoms in total. The van der Waals surface area contributed by atoms with E-state index in [4.69, 9.17) is 10.4 Å². The summed E-state index contributed by atoms with van der Waals surface area (Å²) in [6, 6.07) is 12.7. The van der Waals surface area contributed by atoms with Crippen LogP contribution in [0.1, 0.15) is 16.7 Å². The molecule has 0 aliphatic rings. The Bertz CT molecular complexity index is 791. The molecule has 108 valence electrons. The standard InChI is InChI=1S/C15H14N2O3S/c1-11-2-3-13(10-18)8-15(11)17-21(19,20)14-6-4-12(9-16)5-7-14/h2-8,17-18H,10H2,1H3. The van der Waals surface area contributed by atoms with Gasteiger partial charge in [0.25, 0.3) is 10.0 Å². The number of aliphatic hydroxyl groups excluding tert-OH is 1. The summed E-state index contributed by atoms with van der Waals surface area (Å²) >= 11 is 0. The summed E-state index contributed by atoms with van der Waals surface area (Å²) in [4.78, 5) is 0.0790. The predicted molar refractivity (Wildman–Crippen MR) is 79.1 cm³/mol. The Labute approximate surface area is 123 Å². The average molecular weight is 302 g/mol. The van der Waals surface area contributed by atoms with Gasteiger partial charge in [-0.3, -0.25) is 4.72 Å². The molecule has 0 radical (unpaired) electrons. The van der Waals surface area contributed by atoms with Crippen LogP contribution in [-0.4, -0.2) is 13.5 Å². The van der Waals surface area contributed by atoms with Crippen LogP contribution in [0.25, 0.3) is 0 Å². The Morgan fingerprint density at radius 1 is 1.19 bits per heavy atom. The number of aryl methyl sites for hydroxylation is 1. The van der Waals surface area contributed by atoms with Crippen molar-refractivity contribution in [1.82, 2.24) is 0 Å². The first-order valence-corrected chi connectivity index (χ1v) is 7.68. The average Bonchev–Trinajstić information content (AvgIpc) is 2.49. The Hall–Kier alpha value is -2.36. The number of rotatable bonds is 4. The summed E-state index contributed by atoms with van der Waals surface area (Å²) in [5.41, 5.74) is 2.20. The molecule has 0 atom stereocenters. The molecule has 0 aliphatic heterocycles. The van der Waals surface area contributed by atoms with E-state index in [0.717, 1.165) is 5.56 Å². The number of nitrogens with one attached hydrogen (secondary N) is 1. The van der Waals surface area contributed by atoms with Gasteiger partial charge in [-0.25, -0.2) is 8.42 Å². The van der Waals surface area contributed by atoms with Gasteiger partial charge in [0.15, 0.2) is 0 Å².